The fourth-order valence-corrected chi connectivity index (χ4v) is 4.05. The summed E-state index contributed by atoms with van der Waals surface area (Å²) < 4.78 is 2.05. The van der Waals surface area contributed by atoms with E-state index in [0.717, 1.165) is 28.0 Å². The van der Waals surface area contributed by atoms with Crippen molar-refractivity contribution in [2.24, 2.45) is 7.05 Å². The van der Waals surface area contributed by atoms with Crippen LogP contribution < -0.4 is 5.32 Å². The highest BCUT2D eigenvalue weighted by Crippen LogP contribution is 2.25. The number of hydrogen-bond acceptors (Lipinski definition) is 4. The topological polar surface area (TPSA) is 84.3 Å². The monoisotopic (exact) mass is 438 g/mol. The summed E-state index contributed by atoms with van der Waals surface area (Å²) in [5, 5.41) is 2.90. The molecule has 2 heterocycles. The Balaban J connectivity index is 1.26. The number of carbonyl (C=O) groups excluding carboxylic acids is 3. The molecule has 0 bridgehead atoms. The molecule has 0 aliphatic carbocycles. The zero-order valence-corrected chi connectivity index (χ0v) is 18.1. The van der Waals surface area contributed by atoms with Gasteiger partial charge in [0.25, 0.3) is 5.91 Å². The van der Waals surface area contributed by atoms with Gasteiger partial charge in [-0.05, 0) is 54.1 Å². The molecular formula is C26H22N4O3. The average molecular weight is 438 g/mol. The molecule has 0 unspecified atom stereocenters. The number of carbonyl (C=O) groups is 3. The number of nitrogens with one attached hydrogen (secondary N) is 1. The van der Waals surface area contributed by atoms with Crippen LogP contribution in [0.1, 0.15) is 28.8 Å². The molecule has 1 aliphatic rings. The summed E-state index contributed by atoms with van der Waals surface area (Å²) >= 11 is 0. The summed E-state index contributed by atoms with van der Waals surface area (Å²) in [5.74, 6) is 0.331. The average Bonchev–Trinajstić information content (AvgIpc) is 3.34. The lowest BCUT2D eigenvalue weighted by atomic mass is 10.1. The number of rotatable bonds is 5. The van der Waals surface area contributed by atoms with E-state index in [-0.39, 0.29) is 37.1 Å². The van der Waals surface area contributed by atoms with Crippen molar-refractivity contribution in [2.45, 2.75) is 19.4 Å². The quantitative estimate of drug-likeness (QED) is 0.475. The molecule has 0 atom stereocenters. The number of likely N-dealkylation sites (tertiary alicyclic amines) is 1. The number of anilines is 1. The number of benzene rings is 3. The van der Waals surface area contributed by atoms with Crippen LogP contribution in [-0.2, 0) is 23.2 Å². The Kier molecular flexibility index (Phi) is 5.22. The van der Waals surface area contributed by atoms with Crippen molar-refractivity contribution in [3.05, 3.63) is 83.9 Å². The van der Waals surface area contributed by atoms with Gasteiger partial charge in [0, 0.05) is 36.7 Å². The molecule has 0 saturated carbocycles. The minimum atomic E-state index is -0.231. The standard InChI is InChI=1S/C26H22N4O3/c1-29-22-5-3-2-4-21(22)28-25(29)18-10-12-20(13-11-18)27-26(33)19-8-6-17(7-9-19)16-30-23(31)14-15-24(30)32/h2-13H,14-16H2,1H3,(H,27,33). The van der Waals surface area contributed by atoms with Crippen LogP contribution in [0.25, 0.3) is 22.4 Å². The Hall–Kier alpha value is -4.26. The van der Waals surface area contributed by atoms with Crippen molar-refractivity contribution in [2.75, 3.05) is 5.32 Å². The number of aryl methyl sites for hydroxylation is 1. The second-order valence-electron chi connectivity index (χ2n) is 8.09. The number of fused-ring (bicyclic) bond motifs is 1. The minimum absolute atomic E-state index is 0.149. The molecule has 1 aromatic heterocycles. The Morgan fingerprint density at radius 1 is 0.909 bits per heavy atom. The second-order valence-corrected chi connectivity index (χ2v) is 8.09. The van der Waals surface area contributed by atoms with Gasteiger partial charge >= 0.3 is 0 Å². The fourth-order valence-electron chi connectivity index (χ4n) is 4.05. The van der Waals surface area contributed by atoms with Gasteiger partial charge in [0.1, 0.15) is 5.82 Å². The summed E-state index contributed by atoms with van der Waals surface area (Å²) in [4.78, 5) is 42.2. The predicted molar refractivity (Wildman–Crippen MR) is 125 cm³/mol. The SMILES string of the molecule is Cn1c(-c2ccc(NC(=O)c3ccc(CN4C(=O)CCC4=O)cc3)cc2)nc2ccccc21. The molecule has 1 saturated heterocycles. The van der Waals surface area contributed by atoms with E-state index >= 15 is 0 Å². The van der Waals surface area contributed by atoms with Gasteiger partial charge in [-0.1, -0.05) is 24.3 Å². The molecule has 0 spiro atoms. The molecule has 5 rings (SSSR count). The van der Waals surface area contributed by atoms with Crippen molar-refractivity contribution < 1.29 is 14.4 Å². The molecule has 1 N–H and O–H groups in total. The maximum absolute atomic E-state index is 12.7. The molecule has 1 aliphatic heterocycles. The first kappa shape index (κ1) is 20.6. The number of nitrogens with zero attached hydrogens (tertiary/aromatic N) is 3. The minimum Gasteiger partial charge on any atom is -0.327 e. The normalized spacial score (nSPS) is 13.7. The smallest absolute Gasteiger partial charge is 0.255 e. The summed E-state index contributed by atoms with van der Waals surface area (Å²) in [6, 6.07) is 22.5. The summed E-state index contributed by atoms with van der Waals surface area (Å²) in [6.07, 6.45) is 0.545. The highest BCUT2D eigenvalue weighted by molar-refractivity contribution is 6.04. The van der Waals surface area contributed by atoms with Gasteiger partial charge in [0.15, 0.2) is 0 Å². The first-order valence-electron chi connectivity index (χ1n) is 10.7. The second kappa shape index (κ2) is 8.35. The molecule has 3 amide bonds. The van der Waals surface area contributed by atoms with Crippen LogP contribution in [0, 0.1) is 0 Å². The van der Waals surface area contributed by atoms with Crippen LogP contribution in [0.2, 0.25) is 0 Å². The van der Waals surface area contributed by atoms with E-state index in [1.54, 1.807) is 24.3 Å². The number of imide groups is 1. The van der Waals surface area contributed by atoms with E-state index in [1.165, 1.54) is 4.90 Å². The fraction of sp³-hybridized carbons (Fsp3) is 0.154. The first-order valence-corrected chi connectivity index (χ1v) is 10.7. The number of amides is 3. The van der Waals surface area contributed by atoms with E-state index in [2.05, 4.69) is 5.32 Å². The molecular weight excluding hydrogens is 416 g/mol. The Bertz CT molecular complexity index is 1360. The molecule has 7 heteroatoms. The number of imidazole rings is 1. The van der Waals surface area contributed by atoms with Crippen LogP contribution >= 0.6 is 0 Å². The van der Waals surface area contributed by atoms with Gasteiger partial charge in [0.05, 0.1) is 17.6 Å². The lowest BCUT2D eigenvalue weighted by Crippen LogP contribution is -2.28. The van der Waals surface area contributed by atoms with Crippen molar-refractivity contribution in [1.82, 2.24) is 14.5 Å². The van der Waals surface area contributed by atoms with Crippen LogP contribution in [0.3, 0.4) is 0 Å². The molecule has 33 heavy (non-hydrogen) atoms. The zero-order valence-electron chi connectivity index (χ0n) is 18.1. The van der Waals surface area contributed by atoms with Crippen LogP contribution in [0.15, 0.2) is 72.8 Å². The maximum atomic E-state index is 12.7. The highest BCUT2D eigenvalue weighted by Gasteiger charge is 2.28. The molecule has 164 valence electrons. The summed E-state index contributed by atoms with van der Waals surface area (Å²) in [6.45, 7) is 0.239. The van der Waals surface area contributed by atoms with Crippen molar-refractivity contribution in [1.29, 1.82) is 0 Å². The van der Waals surface area contributed by atoms with Gasteiger partial charge in [-0.15, -0.1) is 0 Å². The van der Waals surface area contributed by atoms with E-state index < -0.39 is 0 Å². The third-order valence-electron chi connectivity index (χ3n) is 5.90. The van der Waals surface area contributed by atoms with Gasteiger partial charge in [-0.25, -0.2) is 4.98 Å². The third-order valence-corrected chi connectivity index (χ3v) is 5.90. The Morgan fingerprint density at radius 2 is 1.58 bits per heavy atom. The largest absolute Gasteiger partial charge is 0.327 e. The number of hydrogen-bond donors (Lipinski definition) is 1. The van der Waals surface area contributed by atoms with Crippen LogP contribution in [-0.4, -0.2) is 32.2 Å². The Morgan fingerprint density at radius 3 is 2.24 bits per heavy atom. The molecule has 3 aromatic carbocycles. The molecule has 4 aromatic rings. The maximum Gasteiger partial charge on any atom is 0.255 e. The summed E-state index contributed by atoms with van der Waals surface area (Å²) in [7, 11) is 1.99. The highest BCUT2D eigenvalue weighted by atomic mass is 16.2. The number of para-hydroxylation sites is 2. The van der Waals surface area contributed by atoms with Crippen molar-refractivity contribution in [3.63, 3.8) is 0 Å². The van der Waals surface area contributed by atoms with Gasteiger partial charge in [-0.3, -0.25) is 19.3 Å². The third kappa shape index (κ3) is 4.01. The zero-order chi connectivity index (χ0) is 22.9. The lowest BCUT2D eigenvalue weighted by Gasteiger charge is -2.14. The van der Waals surface area contributed by atoms with E-state index in [9.17, 15) is 14.4 Å². The Labute approximate surface area is 190 Å². The van der Waals surface area contributed by atoms with E-state index in [0.29, 0.717) is 11.3 Å². The van der Waals surface area contributed by atoms with Gasteiger partial charge in [0.2, 0.25) is 11.8 Å². The van der Waals surface area contributed by atoms with E-state index in [4.69, 9.17) is 4.98 Å². The van der Waals surface area contributed by atoms with Gasteiger partial charge in [-0.2, -0.15) is 0 Å². The van der Waals surface area contributed by atoms with E-state index in [1.807, 2.05) is 60.1 Å². The van der Waals surface area contributed by atoms with Gasteiger partial charge < -0.3 is 9.88 Å². The first-order chi connectivity index (χ1) is 16.0. The molecule has 0 radical (unpaired) electrons. The van der Waals surface area contributed by atoms with Crippen LogP contribution in [0.4, 0.5) is 5.69 Å². The van der Waals surface area contributed by atoms with Crippen LogP contribution in [0.5, 0.6) is 0 Å². The molecule has 7 nitrogen and oxygen atoms in total. The lowest BCUT2D eigenvalue weighted by molar-refractivity contribution is -0.139. The van der Waals surface area contributed by atoms with Crippen molar-refractivity contribution in [3.8, 4) is 11.4 Å². The number of aromatic nitrogens is 2. The summed E-state index contributed by atoms with van der Waals surface area (Å²) in [5.41, 5.74) is 4.95. The van der Waals surface area contributed by atoms with Crippen molar-refractivity contribution >= 4 is 34.4 Å². The predicted octanol–water partition coefficient (Wildman–Crippen LogP) is 4.14. The molecule has 1 fully saturated rings.